The molecule has 0 atom stereocenters. The molecule has 160 valence electrons. The Morgan fingerprint density at radius 1 is 1.10 bits per heavy atom. The van der Waals surface area contributed by atoms with Crippen LogP contribution in [0.2, 0.25) is 0 Å². The van der Waals surface area contributed by atoms with Gasteiger partial charge in [0.15, 0.2) is 6.61 Å². The lowest BCUT2D eigenvalue weighted by atomic mass is 9.95. The average molecular weight is 418 g/mol. The quantitative estimate of drug-likeness (QED) is 0.426. The Kier molecular flexibility index (Phi) is 6.28. The molecular weight excluding hydrogens is 392 g/mol. The zero-order valence-electron chi connectivity index (χ0n) is 17.9. The number of nitrogens with zero attached hydrogens (tertiary/aromatic N) is 2. The number of Topliss-reactive ketones (excluding diaryl/α,β-unsaturated/α-hetero) is 1. The van der Waals surface area contributed by atoms with E-state index in [1.165, 1.54) is 7.11 Å². The van der Waals surface area contributed by atoms with Crippen molar-refractivity contribution in [3.05, 3.63) is 70.9 Å². The maximum Gasteiger partial charge on any atom is 0.339 e. The Balaban J connectivity index is 1.64. The Morgan fingerprint density at radius 2 is 1.87 bits per heavy atom. The third-order valence-corrected chi connectivity index (χ3v) is 5.61. The SMILES string of the molecule is CCCN1CCc2nc3ccccc3c(C(=O)OCC(=O)c3ccccc3OC)c2C1. The molecular formula is C25H26N2O4. The molecule has 0 unspecified atom stereocenters. The van der Waals surface area contributed by atoms with Crippen LogP contribution in [-0.2, 0) is 17.7 Å². The molecule has 0 spiro atoms. The number of pyridine rings is 1. The van der Waals surface area contributed by atoms with E-state index in [1.807, 2.05) is 24.3 Å². The van der Waals surface area contributed by atoms with Gasteiger partial charge in [-0.15, -0.1) is 0 Å². The molecule has 31 heavy (non-hydrogen) atoms. The molecule has 0 N–H and O–H groups in total. The molecule has 2 aromatic carbocycles. The molecule has 6 nitrogen and oxygen atoms in total. The van der Waals surface area contributed by atoms with Crippen LogP contribution in [0.1, 0.15) is 45.3 Å². The number of hydrogen-bond donors (Lipinski definition) is 0. The summed E-state index contributed by atoms with van der Waals surface area (Å²) in [7, 11) is 1.51. The first kappa shape index (κ1) is 21.0. The van der Waals surface area contributed by atoms with Gasteiger partial charge in [0.05, 0.1) is 23.8 Å². The first-order valence-corrected chi connectivity index (χ1v) is 10.6. The van der Waals surface area contributed by atoms with E-state index < -0.39 is 5.97 Å². The Labute approximate surface area is 181 Å². The third-order valence-electron chi connectivity index (χ3n) is 5.61. The van der Waals surface area contributed by atoms with E-state index in [0.717, 1.165) is 48.1 Å². The number of para-hydroxylation sites is 2. The van der Waals surface area contributed by atoms with Gasteiger partial charge in [-0.05, 0) is 31.2 Å². The van der Waals surface area contributed by atoms with Crippen molar-refractivity contribution in [2.45, 2.75) is 26.3 Å². The van der Waals surface area contributed by atoms with Crippen molar-refractivity contribution < 1.29 is 19.1 Å². The number of hydrogen-bond acceptors (Lipinski definition) is 6. The van der Waals surface area contributed by atoms with Gasteiger partial charge in [-0.2, -0.15) is 0 Å². The van der Waals surface area contributed by atoms with E-state index in [-0.39, 0.29) is 12.4 Å². The van der Waals surface area contributed by atoms with E-state index in [1.54, 1.807) is 24.3 Å². The summed E-state index contributed by atoms with van der Waals surface area (Å²) in [5, 5.41) is 0.759. The molecule has 6 heteroatoms. The average Bonchev–Trinajstić information content (AvgIpc) is 2.81. The van der Waals surface area contributed by atoms with Gasteiger partial charge >= 0.3 is 5.97 Å². The summed E-state index contributed by atoms with van der Waals surface area (Å²) in [5.74, 6) is -0.326. The van der Waals surface area contributed by atoms with Crippen LogP contribution in [0.4, 0.5) is 0 Å². The number of fused-ring (bicyclic) bond motifs is 2. The standard InChI is InChI=1S/C25H26N2O4/c1-3-13-27-14-12-21-19(15-27)24(17-8-4-6-10-20(17)26-21)25(29)31-16-22(28)18-9-5-7-11-23(18)30-2/h4-11H,3,12-16H2,1-2H3. The van der Waals surface area contributed by atoms with Gasteiger partial charge < -0.3 is 9.47 Å². The fourth-order valence-corrected chi connectivity index (χ4v) is 4.14. The van der Waals surface area contributed by atoms with E-state index in [4.69, 9.17) is 14.5 Å². The number of ether oxygens (including phenoxy) is 2. The third kappa shape index (κ3) is 4.30. The largest absolute Gasteiger partial charge is 0.496 e. The number of aromatic nitrogens is 1. The number of carbonyl (C=O) groups excluding carboxylic acids is 2. The second kappa shape index (κ2) is 9.27. The predicted octanol–water partition coefficient (Wildman–Crippen LogP) is 4.05. The van der Waals surface area contributed by atoms with Gasteiger partial charge in [0, 0.05) is 36.2 Å². The van der Waals surface area contributed by atoms with E-state index in [2.05, 4.69) is 11.8 Å². The minimum Gasteiger partial charge on any atom is -0.496 e. The monoisotopic (exact) mass is 418 g/mol. The molecule has 1 aliphatic heterocycles. The molecule has 0 bridgehead atoms. The van der Waals surface area contributed by atoms with E-state index in [0.29, 0.717) is 23.4 Å². The summed E-state index contributed by atoms with van der Waals surface area (Å²) in [6.07, 6.45) is 1.84. The van der Waals surface area contributed by atoms with Crippen LogP contribution in [-0.4, -0.2) is 48.4 Å². The smallest absolute Gasteiger partial charge is 0.339 e. The molecule has 2 heterocycles. The maximum absolute atomic E-state index is 13.2. The number of methoxy groups -OCH3 is 1. The Morgan fingerprint density at radius 3 is 2.68 bits per heavy atom. The topological polar surface area (TPSA) is 68.7 Å². The molecule has 3 aromatic rings. The summed E-state index contributed by atoms with van der Waals surface area (Å²) in [4.78, 5) is 33.0. The normalized spacial score (nSPS) is 13.6. The Bertz CT molecular complexity index is 1130. The highest BCUT2D eigenvalue weighted by atomic mass is 16.5. The lowest BCUT2D eigenvalue weighted by molar-refractivity contribution is 0.0473. The fourth-order valence-electron chi connectivity index (χ4n) is 4.14. The van der Waals surface area contributed by atoms with Crippen LogP contribution in [0, 0.1) is 0 Å². The number of rotatable bonds is 7. The lowest BCUT2D eigenvalue weighted by Gasteiger charge is -2.29. The predicted molar refractivity (Wildman–Crippen MR) is 119 cm³/mol. The maximum atomic E-state index is 13.2. The molecule has 4 rings (SSSR count). The Hall–Kier alpha value is -3.25. The molecule has 0 aliphatic carbocycles. The summed E-state index contributed by atoms with van der Waals surface area (Å²) in [6, 6.07) is 14.5. The van der Waals surface area contributed by atoms with Gasteiger partial charge in [0.1, 0.15) is 5.75 Å². The first-order valence-electron chi connectivity index (χ1n) is 10.6. The van der Waals surface area contributed by atoms with Crippen LogP contribution < -0.4 is 4.74 Å². The second-order valence-corrected chi connectivity index (χ2v) is 7.65. The van der Waals surface area contributed by atoms with Crippen LogP contribution in [0.3, 0.4) is 0 Å². The van der Waals surface area contributed by atoms with Crippen molar-refractivity contribution in [3.63, 3.8) is 0 Å². The summed E-state index contributed by atoms with van der Waals surface area (Å²) in [6.45, 7) is 4.35. The highest BCUT2D eigenvalue weighted by Crippen LogP contribution is 2.29. The molecule has 1 aromatic heterocycles. The molecule has 0 saturated heterocycles. The number of carbonyl (C=O) groups is 2. The molecule has 0 saturated carbocycles. The van der Waals surface area contributed by atoms with Gasteiger partial charge in [0.2, 0.25) is 5.78 Å². The summed E-state index contributed by atoms with van der Waals surface area (Å²) in [5.41, 5.74) is 3.54. The second-order valence-electron chi connectivity index (χ2n) is 7.65. The van der Waals surface area contributed by atoms with E-state index in [9.17, 15) is 9.59 Å². The van der Waals surface area contributed by atoms with Crippen LogP contribution >= 0.6 is 0 Å². The van der Waals surface area contributed by atoms with Crippen molar-refractivity contribution in [1.29, 1.82) is 0 Å². The zero-order valence-corrected chi connectivity index (χ0v) is 17.9. The molecule has 0 radical (unpaired) electrons. The number of ketones is 1. The van der Waals surface area contributed by atoms with Crippen molar-refractivity contribution in [1.82, 2.24) is 9.88 Å². The molecule has 0 fully saturated rings. The van der Waals surface area contributed by atoms with Gasteiger partial charge in [-0.1, -0.05) is 37.3 Å². The van der Waals surface area contributed by atoms with Crippen molar-refractivity contribution in [2.24, 2.45) is 0 Å². The highest BCUT2D eigenvalue weighted by molar-refractivity contribution is 6.07. The fraction of sp³-hybridized carbons (Fsp3) is 0.320. The number of esters is 1. The summed E-state index contributed by atoms with van der Waals surface area (Å²) >= 11 is 0. The van der Waals surface area contributed by atoms with E-state index >= 15 is 0 Å². The van der Waals surface area contributed by atoms with Crippen molar-refractivity contribution in [2.75, 3.05) is 26.8 Å². The van der Waals surface area contributed by atoms with Crippen molar-refractivity contribution >= 4 is 22.7 Å². The minimum atomic E-state index is -0.489. The van der Waals surface area contributed by atoms with Crippen LogP contribution in [0.25, 0.3) is 10.9 Å². The molecule has 0 amide bonds. The minimum absolute atomic E-state index is 0.300. The van der Waals surface area contributed by atoms with Crippen LogP contribution in [0.15, 0.2) is 48.5 Å². The highest BCUT2D eigenvalue weighted by Gasteiger charge is 2.27. The van der Waals surface area contributed by atoms with Gasteiger partial charge in [-0.25, -0.2) is 4.79 Å². The van der Waals surface area contributed by atoms with Gasteiger partial charge in [0.25, 0.3) is 0 Å². The van der Waals surface area contributed by atoms with Crippen LogP contribution in [0.5, 0.6) is 5.75 Å². The molecule has 1 aliphatic rings. The lowest BCUT2D eigenvalue weighted by Crippen LogP contribution is -2.33. The number of benzene rings is 2. The zero-order chi connectivity index (χ0) is 21.8. The van der Waals surface area contributed by atoms with Crippen molar-refractivity contribution in [3.8, 4) is 5.75 Å². The first-order chi connectivity index (χ1) is 15.1. The summed E-state index contributed by atoms with van der Waals surface area (Å²) < 4.78 is 10.8. The van der Waals surface area contributed by atoms with Gasteiger partial charge in [-0.3, -0.25) is 14.7 Å².